The van der Waals surface area contributed by atoms with Gasteiger partial charge in [-0.2, -0.15) is 0 Å². The second-order valence-electron chi connectivity index (χ2n) is 3.29. The second-order valence-corrected chi connectivity index (χ2v) is 3.29. The van der Waals surface area contributed by atoms with Gasteiger partial charge in [-0.3, -0.25) is 4.79 Å². The van der Waals surface area contributed by atoms with Crippen molar-refractivity contribution in [2.24, 2.45) is 5.73 Å². The van der Waals surface area contributed by atoms with Gasteiger partial charge in [-0.15, -0.1) is 0 Å². The van der Waals surface area contributed by atoms with Gasteiger partial charge in [-0.25, -0.2) is 4.79 Å². The Labute approximate surface area is 91.3 Å². The van der Waals surface area contributed by atoms with E-state index in [0.717, 1.165) is 0 Å². The molecule has 0 heterocycles. The molecule has 0 aliphatic carbocycles. The van der Waals surface area contributed by atoms with Crippen LogP contribution in [0.5, 0.6) is 0 Å². The zero-order valence-corrected chi connectivity index (χ0v) is 8.23. The van der Waals surface area contributed by atoms with E-state index in [1.54, 1.807) is 18.2 Å². The molecule has 0 spiro atoms. The topological polar surface area (TPSA) is 80.4 Å². The summed E-state index contributed by atoms with van der Waals surface area (Å²) in [6.07, 6.45) is 0. The average molecular weight is 214 g/mol. The first-order valence-electron chi connectivity index (χ1n) is 4.58. The summed E-state index contributed by atoms with van der Waals surface area (Å²) in [5.74, 6) is -1.65. The normalized spacial score (nSPS) is 10.2. The molecule has 1 radical (unpaired) electrons. The molecule has 4 heteroatoms. The maximum Gasteiger partial charge on any atom is 0.336 e. The van der Waals surface area contributed by atoms with Crippen molar-refractivity contribution in [2.75, 3.05) is 0 Å². The van der Waals surface area contributed by atoms with Gasteiger partial charge in [-0.05, 0) is 22.9 Å². The van der Waals surface area contributed by atoms with Crippen LogP contribution in [0.15, 0.2) is 30.3 Å². The fourth-order valence-corrected chi connectivity index (χ4v) is 1.64. The molecule has 0 aliphatic heterocycles. The van der Waals surface area contributed by atoms with Gasteiger partial charge in [0.2, 0.25) is 5.91 Å². The highest BCUT2D eigenvalue weighted by Gasteiger charge is 2.12. The van der Waals surface area contributed by atoms with E-state index < -0.39 is 11.9 Å². The van der Waals surface area contributed by atoms with Crippen LogP contribution in [-0.2, 0) is 0 Å². The molecule has 0 saturated carbocycles. The molecule has 0 aliphatic rings. The number of hydrogen-bond acceptors (Lipinski definition) is 2. The average Bonchev–Trinajstić information content (AvgIpc) is 2.27. The predicted octanol–water partition coefficient (Wildman–Crippen LogP) is 1.44. The van der Waals surface area contributed by atoms with Crippen molar-refractivity contribution in [1.82, 2.24) is 0 Å². The highest BCUT2D eigenvalue weighted by Crippen LogP contribution is 2.21. The van der Waals surface area contributed by atoms with Crippen molar-refractivity contribution < 1.29 is 14.7 Å². The molecule has 16 heavy (non-hydrogen) atoms. The summed E-state index contributed by atoms with van der Waals surface area (Å²) in [5.41, 5.74) is 5.54. The number of carbonyl (C=O) groups excluding carboxylic acids is 1. The van der Waals surface area contributed by atoms with E-state index in [2.05, 4.69) is 6.07 Å². The molecule has 0 fully saturated rings. The number of carbonyl (C=O) groups is 2. The molecule has 0 unspecified atom stereocenters. The first-order valence-corrected chi connectivity index (χ1v) is 4.58. The number of primary amides is 1. The summed E-state index contributed by atoms with van der Waals surface area (Å²) in [4.78, 5) is 22.1. The van der Waals surface area contributed by atoms with Crippen molar-refractivity contribution in [3.05, 3.63) is 47.5 Å². The van der Waals surface area contributed by atoms with Gasteiger partial charge in [0, 0.05) is 0 Å². The van der Waals surface area contributed by atoms with Gasteiger partial charge in [0.05, 0.1) is 11.1 Å². The molecule has 79 valence electrons. The zero-order valence-electron chi connectivity index (χ0n) is 8.23. The fraction of sp³-hybridized carbons (Fsp3) is 0. The van der Waals surface area contributed by atoms with Crippen LogP contribution in [0.2, 0.25) is 0 Å². The van der Waals surface area contributed by atoms with E-state index in [-0.39, 0.29) is 11.1 Å². The molecule has 0 saturated heterocycles. The minimum absolute atomic E-state index is 0.147. The molecule has 0 aromatic heterocycles. The Balaban J connectivity index is 2.86. The molecule has 0 atom stereocenters. The molecule has 1 amide bonds. The SMILES string of the molecule is NC(=O)c1[c]ccc2c(C(=O)O)cccc12. The van der Waals surface area contributed by atoms with E-state index >= 15 is 0 Å². The van der Waals surface area contributed by atoms with Crippen molar-refractivity contribution in [1.29, 1.82) is 0 Å². The molecule has 2 aromatic rings. The van der Waals surface area contributed by atoms with E-state index in [1.807, 2.05) is 0 Å². The lowest BCUT2D eigenvalue weighted by atomic mass is 10.00. The van der Waals surface area contributed by atoms with E-state index in [9.17, 15) is 9.59 Å². The quantitative estimate of drug-likeness (QED) is 0.793. The Hall–Kier alpha value is -2.36. The Morgan fingerprint density at radius 1 is 1.19 bits per heavy atom. The van der Waals surface area contributed by atoms with E-state index in [0.29, 0.717) is 10.8 Å². The Kier molecular flexibility index (Phi) is 2.32. The summed E-state index contributed by atoms with van der Waals surface area (Å²) >= 11 is 0. The van der Waals surface area contributed by atoms with Crippen LogP contribution >= 0.6 is 0 Å². The minimum atomic E-state index is -1.03. The van der Waals surface area contributed by atoms with Crippen LogP contribution in [0.1, 0.15) is 20.7 Å². The first-order chi connectivity index (χ1) is 7.61. The van der Waals surface area contributed by atoms with Crippen LogP contribution in [-0.4, -0.2) is 17.0 Å². The second kappa shape index (κ2) is 3.66. The van der Waals surface area contributed by atoms with Gasteiger partial charge in [0.25, 0.3) is 0 Å². The maximum absolute atomic E-state index is 11.1. The number of benzene rings is 2. The predicted molar refractivity (Wildman–Crippen MR) is 58.3 cm³/mol. The Bertz CT molecular complexity index is 537. The molecule has 0 bridgehead atoms. The lowest BCUT2D eigenvalue weighted by Gasteiger charge is -2.05. The summed E-state index contributed by atoms with van der Waals surface area (Å²) < 4.78 is 0. The maximum atomic E-state index is 11.1. The standard InChI is InChI=1S/C12H8NO3/c13-11(14)9-5-1-4-8-7(9)3-2-6-10(8)12(15)16/h1-4,6H,(H2,13,14)(H,15,16). The number of hydrogen-bond donors (Lipinski definition) is 2. The number of carboxylic acids is 1. The molecular weight excluding hydrogens is 206 g/mol. The number of carboxylic acid groups (broad SMARTS) is 1. The third-order valence-corrected chi connectivity index (χ3v) is 2.33. The Morgan fingerprint density at radius 3 is 2.56 bits per heavy atom. The third kappa shape index (κ3) is 1.50. The highest BCUT2D eigenvalue weighted by molar-refractivity contribution is 6.11. The molecule has 4 nitrogen and oxygen atoms in total. The number of aromatic carboxylic acids is 1. The van der Waals surface area contributed by atoms with Crippen LogP contribution in [0, 0.1) is 6.07 Å². The van der Waals surface area contributed by atoms with Gasteiger partial charge < -0.3 is 10.8 Å². The molecular formula is C12H8NO3. The smallest absolute Gasteiger partial charge is 0.336 e. The van der Waals surface area contributed by atoms with Crippen molar-refractivity contribution in [2.45, 2.75) is 0 Å². The van der Waals surface area contributed by atoms with Crippen molar-refractivity contribution >= 4 is 22.6 Å². The molecule has 2 rings (SSSR count). The minimum Gasteiger partial charge on any atom is -0.478 e. The van der Waals surface area contributed by atoms with Crippen LogP contribution in [0.3, 0.4) is 0 Å². The Morgan fingerprint density at radius 2 is 1.94 bits per heavy atom. The van der Waals surface area contributed by atoms with Gasteiger partial charge in [0.1, 0.15) is 0 Å². The molecule has 2 aromatic carbocycles. The number of amides is 1. The van der Waals surface area contributed by atoms with Gasteiger partial charge in [0.15, 0.2) is 0 Å². The summed E-state index contributed by atoms with van der Waals surface area (Å²) in [7, 11) is 0. The van der Waals surface area contributed by atoms with E-state index in [1.165, 1.54) is 12.1 Å². The monoisotopic (exact) mass is 214 g/mol. The largest absolute Gasteiger partial charge is 0.478 e. The lowest BCUT2D eigenvalue weighted by Crippen LogP contribution is -2.12. The summed E-state index contributed by atoms with van der Waals surface area (Å²) in [5, 5.41) is 9.98. The van der Waals surface area contributed by atoms with Gasteiger partial charge in [-0.1, -0.05) is 24.3 Å². The summed E-state index contributed by atoms with van der Waals surface area (Å²) in [6.45, 7) is 0. The number of fused-ring (bicyclic) bond motifs is 1. The molecule has 3 N–H and O–H groups in total. The number of rotatable bonds is 2. The van der Waals surface area contributed by atoms with E-state index in [4.69, 9.17) is 10.8 Å². The van der Waals surface area contributed by atoms with Crippen molar-refractivity contribution in [3.63, 3.8) is 0 Å². The summed E-state index contributed by atoms with van der Waals surface area (Å²) in [6, 6.07) is 10.5. The van der Waals surface area contributed by atoms with Gasteiger partial charge >= 0.3 is 5.97 Å². The van der Waals surface area contributed by atoms with Crippen LogP contribution < -0.4 is 5.73 Å². The van der Waals surface area contributed by atoms with Crippen molar-refractivity contribution in [3.8, 4) is 0 Å². The van der Waals surface area contributed by atoms with Crippen LogP contribution in [0.4, 0.5) is 0 Å². The first kappa shape index (κ1) is 10.2. The van der Waals surface area contributed by atoms with Crippen LogP contribution in [0.25, 0.3) is 10.8 Å². The number of nitrogens with two attached hydrogens (primary N) is 1. The fourth-order valence-electron chi connectivity index (χ4n) is 1.64. The zero-order chi connectivity index (χ0) is 11.7. The highest BCUT2D eigenvalue weighted by atomic mass is 16.4. The third-order valence-electron chi connectivity index (χ3n) is 2.33. The lowest BCUT2D eigenvalue weighted by molar-refractivity contribution is 0.0698.